The Balaban J connectivity index is 1.20. The molecule has 53 heavy (non-hydrogen) atoms. The molecule has 4 amide bonds. The smallest absolute Gasteiger partial charge is 0.335 e. The Bertz CT molecular complexity index is 2240. The average Bonchev–Trinajstić information content (AvgIpc) is 3.17. The highest BCUT2D eigenvalue weighted by molar-refractivity contribution is 6.39. The second-order valence-corrected chi connectivity index (χ2v) is 13.8. The van der Waals surface area contributed by atoms with E-state index in [0.29, 0.717) is 21.8 Å². The molecule has 3 heterocycles. The molecule has 8 rings (SSSR count). The number of nitro groups is 1. The summed E-state index contributed by atoms with van der Waals surface area (Å²) in [4.78, 5) is 55.7. The fourth-order valence-corrected chi connectivity index (χ4v) is 7.88. The molecule has 0 aliphatic carbocycles. The maximum absolute atomic E-state index is 14.4. The van der Waals surface area contributed by atoms with E-state index in [9.17, 15) is 24.5 Å². The standard InChI is InChI=1S/C42H33ClN4O6/c43-30-14-15-38(53-25-26-8-7-13-31(20-26)47(51)52)29(21-30)22-37-40(48)44-42(50)46(41(37)49)32-23-35-33(27-9-3-1-4-10-27)16-18-45-19-17-34(36(24-32)39(35)45)28-11-5-2-6-12-28/h1-15,20-24,33-34H,16-19,25H2,(H,44,48,50)/b37-22+/t33-,34-/m1/s1. The number of nitrogens with one attached hydrogen (secondary N) is 1. The third kappa shape index (κ3) is 6.53. The van der Waals surface area contributed by atoms with E-state index in [4.69, 9.17) is 16.3 Å². The first-order valence-electron chi connectivity index (χ1n) is 17.3. The molecule has 0 bridgehead atoms. The van der Waals surface area contributed by atoms with Crippen LogP contribution in [0.25, 0.3) is 6.08 Å². The largest absolute Gasteiger partial charge is 0.488 e. The summed E-state index contributed by atoms with van der Waals surface area (Å²) in [7, 11) is 0. The number of ether oxygens (including phenoxy) is 1. The molecule has 0 saturated carbocycles. The van der Waals surface area contributed by atoms with Crippen molar-refractivity contribution in [3.8, 4) is 5.75 Å². The van der Waals surface area contributed by atoms with Gasteiger partial charge in [-0.1, -0.05) is 84.4 Å². The molecule has 1 N–H and O–H groups in total. The lowest BCUT2D eigenvalue weighted by Gasteiger charge is -2.44. The highest BCUT2D eigenvalue weighted by atomic mass is 35.5. The maximum Gasteiger partial charge on any atom is 0.335 e. The van der Waals surface area contributed by atoms with E-state index >= 15 is 0 Å². The number of carbonyl (C=O) groups excluding carboxylic acids is 3. The van der Waals surface area contributed by atoms with Gasteiger partial charge in [-0.25, -0.2) is 9.69 Å². The second kappa shape index (κ2) is 14.0. The summed E-state index contributed by atoms with van der Waals surface area (Å²) in [6.45, 7) is 1.75. The number of benzene rings is 5. The summed E-state index contributed by atoms with van der Waals surface area (Å²) < 4.78 is 6.02. The lowest BCUT2D eigenvalue weighted by molar-refractivity contribution is -0.384. The van der Waals surface area contributed by atoms with Crippen LogP contribution < -0.4 is 19.9 Å². The van der Waals surface area contributed by atoms with Crippen molar-refractivity contribution >= 4 is 52.6 Å². The van der Waals surface area contributed by atoms with Crippen molar-refractivity contribution < 1.29 is 24.0 Å². The second-order valence-electron chi connectivity index (χ2n) is 13.3. The molecule has 2 atom stereocenters. The normalized spacial score (nSPS) is 18.8. The minimum atomic E-state index is -0.851. The fourth-order valence-electron chi connectivity index (χ4n) is 7.70. The number of rotatable bonds is 8. The molecule has 1 saturated heterocycles. The van der Waals surface area contributed by atoms with E-state index in [2.05, 4.69) is 34.5 Å². The fraction of sp³-hybridized carbons (Fsp3) is 0.167. The molecule has 3 aliphatic heterocycles. The van der Waals surface area contributed by atoms with Crippen LogP contribution in [0, 0.1) is 10.1 Å². The summed E-state index contributed by atoms with van der Waals surface area (Å²) in [6, 6.07) is 34.3. The predicted molar refractivity (Wildman–Crippen MR) is 202 cm³/mol. The summed E-state index contributed by atoms with van der Waals surface area (Å²) in [5.74, 6) is -1.28. The number of anilines is 2. The van der Waals surface area contributed by atoms with Gasteiger partial charge in [0.15, 0.2) is 0 Å². The summed E-state index contributed by atoms with van der Waals surface area (Å²) in [5, 5.41) is 14.0. The van der Waals surface area contributed by atoms with Crippen molar-refractivity contribution in [1.82, 2.24) is 5.32 Å². The molecule has 0 radical (unpaired) electrons. The third-order valence-corrected chi connectivity index (χ3v) is 10.4. The van der Waals surface area contributed by atoms with Gasteiger partial charge < -0.3 is 9.64 Å². The number of imide groups is 2. The molecule has 0 spiro atoms. The average molecular weight is 725 g/mol. The van der Waals surface area contributed by atoms with Crippen LogP contribution in [0.1, 0.15) is 58.1 Å². The number of nitro benzene ring substituents is 1. The van der Waals surface area contributed by atoms with Gasteiger partial charge in [0.25, 0.3) is 17.5 Å². The Hall–Kier alpha value is -6.26. The van der Waals surface area contributed by atoms with Crippen LogP contribution in [-0.4, -0.2) is 35.9 Å². The molecule has 5 aromatic rings. The monoisotopic (exact) mass is 724 g/mol. The first-order chi connectivity index (χ1) is 25.7. The van der Waals surface area contributed by atoms with Gasteiger partial charge in [-0.15, -0.1) is 0 Å². The van der Waals surface area contributed by atoms with Gasteiger partial charge in [-0.05, 0) is 77.1 Å². The lowest BCUT2D eigenvalue weighted by atomic mass is 9.76. The first-order valence-corrected chi connectivity index (χ1v) is 17.7. The van der Waals surface area contributed by atoms with E-state index in [1.54, 1.807) is 30.3 Å². The Morgan fingerprint density at radius 3 is 2.08 bits per heavy atom. The van der Waals surface area contributed by atoms with Crippen molar-refractivity contribution in [2.24, 2.45) is 0 Å². The van der Waals surface area contributed by atoms with E-state index in [0.717, 1.165) is 58.8 Å². The number of halogens is 1. The molecule has 264 valence electrons. The highest BCUT2D eigenvalue weighted by Crippen LogP contribution is 2.50. The minimum Gasteiger partial charge on any atom is -0.488 e. The zero-order valence-electron chi connectivity index (χ0n) is 28.4. The van der Waals surface area contributed by atoms with Crippen LogP contribution in [-0.2, 0) is 16.2 Å². The number of carbonyl (C=O) groups is 3. The predicted octanol–water partition coefficient (Wildman–Crippen LogP) is 8.37. The highest BCUT2D eigenvalue weighted by Gasteiger charge is 2.40. The zero-order valence-corrected chi connectivity index (χ0v) is 29.2. The van der Waals surface area contributed by atoms with Gasteiger partial charge in [-0.2, -0.15) is 0 Å². The van der Waals surface area contributed by atoms with Crippen LogP contribution in [0.3, 0.4) is 0 Å². The SMILES string of the molecule is O=C1NC(=O)N(c2cc3c4c(c2)[C@@H](c2ccccc2)CCN4CC[C@@H]3c2ccccc2)C(=O)/C1=C/c1cc(Cl)ccc1OCc1cccc([N+](=O)[O-])c1. The first kappa shape index (κ1) is 33.9. The van der Waals surface area contributed by atoms with E-state index in [-0.39, 0.29) is 35.5 Å². The van der Waals surface area contributed by atoms with Crippen LogP contribution in [0.5, 0.6) is 5.75 Å². The van der Waals surface area contributed by atoms with Gasteiger partial charge in [0.05, 0.1) is 10.6 Å². The van der Waals surface area contributed by atoms with Gasteiger partial charge in [0, 0.05) is 53.3 Å². The van der Waals surface area contributed by atoms with Gasteiger partial charge in [-0.3, -0.25) is 25.0 Å². The topological polar surface area (TPSA) is 122 Å². The summed E-state index contributed by atoms with van der Waals surface area (Å²) in [6.07, 6.45) is 3.09. The van der Waals surface area contributed by atoms with E-state index in [1.807, 2.05) is 48.5 Å². The molecular formula is C42H33ClN4O6. The van der Waals surface area contributed by atoms with Crippen LogP contribution >= 0.6 is 11.6 Å². The number of non-ortho nitro benzene ring substituents is 1. The Labute approximate surface area is 310 Å². The van der Waals surface area contributed by atoms with E-state index in [1.165, 1.54) is 18.2 Å². The van der Waals surface area contributed by atoms with Gasteiger partial charge in [0.1, 0.15) is 17.9 Å². The summed E-state index contributed by atoms with van der Waals surface area (Å²) >= 11 is 6.36. The summed E-state index contributed by atoms with van der Waals surface area (Å²) in [5.41, 5.74) is 6.39. The van der Waals surface area contributed by atoms with E-state index < -0.39 is 22.8 Å². The van der Waals surface area contributed by atoms with Crippen molar-refractivity contribution in [2.45, 2.75) is 31.3 Å². The maximum atomic E-state index is 14.4. The van der Waals surface area contributed by atoms with Gasteiger partial charge >= 0.3 is 6.03 Å². The molecule has 5 aromatic carbocycles. The van der Waals surface area contributed by atoms with Crippen molar-refractivity contribution in [2.75, 3.05) is 22.9 Å². The molecule has 3 aliphatic rings. The van der Waals surface area contributed by atoms with Crippen LogP contribution in [0.4, 0.5) is 21.9 Å². The molecule has 11 heteroatoms. The molecule has 1 fully saturated rings. The van der Waals surface area contributed by atoms with Crippen molar-refractivity contribution in [3.05, 3.63) is 169 Å². The molecular weight excluding hydrogens is 692 g/mol. The number of barbiturate groups is 1. The Morgan fingerprint density at radius 1 is 0.811 bits per heavy atom. The number of nitrogens with zero attached hydrogens (tertiary/aromatic N) is 3. The minimum absolute atomic E-state index is 0.0235. The molecule has 0 aromatic heterocycles. The van der Waals surface area contributed by atoms with Crippen LogP contribution in [0.15, 0.2) is 121 Å². The van der Waals surface area contributed by atoms with Crippen LogP contribution in [0.2, 0.25) is 5.02 Å². The zero-order chi connectivity index (χ0) is 36.6. The number of hydrogen-bond acceptors (Lipinski definition) is 7. The van der Waals surface area contributed by atoms with Crippen molar-refractivity contribution in [3.63, 3.8) is 0 Å². The third-order valence-electron chi connectivity index (χ3n) is 10.1. The molecule has 0 unspecified atom stereocenters. The number of amides is 4. The van der Waals surface area contributed by atoms with Gasteiger partial charge in [0.2, 0.25) is 0 Å². The molecule has 10 nitrogen and oxygen atoms in total. The number of hydrogen-bond donors (Lipinski definition) is 1. The van der Waals surface area contributed by atoms with Crippen molar-refractivity contribution in [1.29, 1.82) is 0 Å². The Morgan fingerprint density at radius 2 is 1.45 bits per heavy atom. The quantitative estimate of drug-likeness (QED) is 0.0739. The Kier molecular flexibility index (Phi) is 8.97. The lowest BCUT2D eigenvalue weighted by Crippen LogP contribution is -2.54. The number of urea groups is 1.